The van der Waals surface area contributed by atoms with Gasteiger partial charge in [0.05, 0.1) is 4.08 Å². The minimum atomic E-state index is 0.620. The highest BCUT2D eigenvalue weighted by atomic mass is 32.2. The fourth-order valence-corrected chi connectivity index (χ4v) is 5.00. The molecule has 1 nitrogen and oxygen atoms in total. The zero-order valence-electron chi connectivity index (χ0n) is 6.30. The highest BCUT2D eigenvalue weighted by Crippen LogP contribution is 2.49. The monoisotopic (exact) mass is 175 g/mol. The zero-order valence-corrected chi connectivity index (χ0v) is 7.93. The van der Waals surface area contributed by atoms with Gasteiger partial charge in [-0.25, -0.2) is 0 Å². The van der Waals surface area contributed by atoms with Gasteiger partial charge in [-0.3, -0.25) is 0 Å². The molecule has 0 saturated carbocycles. The summed E-state index contributed by atoms with van der Waals surface area (Å²) in [4.78, 5) is 2.45. The SMILES string of the molecule is CN1CCC2(C1)SCCS2. The third kappa shape index (κ3) is 1.19. The summed E-state index contributed by atoms with van der Waals surface area (Å²) >= 11 is 4.35. The van der Waals surface area contributed by atoms with E-state index in [2.05, 4.69) is 35.5 Å². The van der Waals surface area contributed by atoms with Crippen LogP contribution in [-0.4, -0.2) is 40.6 Å². The van der Waals surface area contributed by atoms with E-state index >= 15 is 0 Å². The lowest BCUT2D eigenvalue weighted by molar-refractivity contribution is 0.417. The Bertz CT molecular complexity index is 132. The van der Waals surface area contributed by atoms with Gasteiger partial charge in [-0.1, -0.05) is 0 Å². The highest BCUT2D eigenvalue weighted by molar-refractivity contribution is 8.21. The third-order valence-electron chi connectivity index (χ3n) is 2.20. The molecule has 2 aliphatic heterocycles. The fourth-order valence-electron chi connectivity index (χ4n) is 1.66. The predicted octanol–water partition coefficient (Wildman–Crippen LogP) is 1.50. The number of nitrogens with zero attached hydrogens (tertiary/aromatic N) is 1. The molecule has 3 heteroatoms. The maximum Gasteiger partial charge on any atom is 0.0749 e. The van der Waals surface area contributed by atoms with Crippen LogP contribution in [0.4, 0.5) is 0 Å². The van der Waals surface area contributed by atoms with E-state index in [0.717, 1.165) is 0 Å². The number of likely N-dealkylation sites (tertiary alicyclic amines) is 1. The predicted molar refractivity (Wildman–Crippen MR) is 49.8 cm³/mol. The summed E-state index contributed by atoms with van der Waals surface area (Å²) < 4.78 is 0.620. The summed E-state index contributed by atoms with van der Waals surface area (Å²) in [7, 11) is 2.23. The van der Waals surface area contributed by atoms with Gasteiger partial charge in [-0.15, -0.1) is 23.5 Å². The molecule has 2 heterocycles. The molecular weight excluding hydrogens is 162 g/mol. The van der Waals surface area contributed by atoms with E-state index in [4.69, 9.17) is 0 Å². The molecule has 0 aliphatic carbocycles. The van der Waals surface area contributed by atoms with Gasteiger partial charge < -0.3 is 4.90 Å². The summed E-state index contributed by atoms with van der Waals surface area (Å²) in [5.74, 6) is 2.75. The second-order valence-corrected chi connectivity index (χ2v) is 6.31. The first-order valence-corrected chi connectivity index (χ1v) is 5.74. The Kier molecular flexibility index (Phi) is 1.91. The molecule has 0 unspecified atom stereocenters. The maximum atomic E-state index is 2.45. The fraction of sp³-hybridized carbons (Fsp3) is 1.00. The van der Waals surface area contributed by atoms with Crippen LogP contribution in [0.1, 0.15) is 6.42 Å². The van der Waals surface area contributed by atoms with Gasteiger partial charge in [0.2, 0.25) is 0 Å². The van der Waals surface area contributed by atoms with Crippen molar-refractivity contribution in [3.8, 4) is 0 Å². The first-order valence-electron chi connectivity index (χ1n) is 3.77. The smallest absolute Gasteiger partial charge is 0.0749 e. The first kappa shape index (κ1) is 7.32. The minimum absolute atomic E-state index is 0.620. The molecule has 0 N–H and O–H groups in total. The van der Waals surface area contributed by atoms with E-state index in [-0.39, 0.29) is 0 Å². The second-order valence-electron chi connectivity index (χ2n) is 3.10. The van der Waals surface area contributed by atoms with Gasteiger partial charge in [-0.05, 0) is 13.5 Å². The highest BCUT2D eigenvalue weighted by Gasteiger charge is 2.40. The maximum absolute atomic E-state index is 2.45. The Morgan fingerprint density at radius 2 is 2.00 bits per heavy atom. The molecule has 2 fully saturated rings. The van der Waals surface area contributed by atoms with Crippen molar-refractivity contribution in [3.63, 3.8) is 0 Å². The Labute approximate surface area is 70.9 Å². The first-order chi connectivity index (χ1) is 4.81. The van der Waals surface area contributed by atoms with Crippen molar-refractivity contribution < 1.29 is 0 Å². The largest absolute Gasteiger partial charge is 0.304 e. The summed E-state index contributed by atoms with van der Waals surface area (Å²) in [6.45, 7) is 2.61. The van der Waals surface area contributed by atoms with E-state index in [0.29, 0.717) is 4.08 Å². The van der Waals surface area contributed by atoms with Crippen LogP contribution in [0.25, 0.3) is 0 Å². The quantitative estimate of drug-likeness (QED) is 0.549. The van der Waals surface area contributed by atoms with Crippen molar-refractivity contribution in [1.82, 2.24) is 4.90 Å². The van der Waals surface area contributed by atoms with Crippen LogP contribution in [0.15, 0.2) is 0 Å². The molecule has 0 atom stereocenters. The molecule has 2 rings (SSSR count). The molecule has 0 bridgehead atoms. The normalized spacial score (nSPS) is 32.1. The molecule has 58 valence electrons. The van der Waals surface area contributed by atoms with Crippen molar-refractivity contribution in [3.05, 3.63) is 0 Å². The van der Waals surface area contributed by atoms with E-state index in [1.54, 1.807) is 0 Å². The molecule has 0 aromatic carbocycles. The van der Waals surface area contributed by atoms with Crippen molar-refractivity contribution in [2.24, 2.45) is 0 Å². The van der Waals surface area contributed by atoms with Gasteiger partial charge in [0.15, 0.2) is 0 Å². The van der Waals surface area contributed by atoms with Gasteiger partial charge in [-0.2, -0.15) is 0 Å². The molecule has 0 radical (unpaired) electrons. The molecule has 0 amide bonds. The standard InChI is InChI=1S/C7H13NS2/c1-8-3-2-7(6-8)9-4-5-10-7/h2-6H2,1H3. The Morgan fingerprint density at radius 3 is 2.50 bits per heavy atom. The minimum Gasteiger partial charge on any atom is -0.304 e. The molecule has 2 saturated heterocycles. The van der Waals surface area contributed by atoms with Crippen LogP contribution in [0.5, 0.6) is 0 Å². The number of hydrogen-bond donors (Lipinski definition) is 0. The number of rotatable bonds is 0. The van der Waals surface area contributed by atoms with E-state index < -0.39 is 0 Å². The lowest BCUT2D eigenvalue weighted by Crippen LogP contribution is -2.22. The second kappa shape index (κ2) is 2.61. The van der Waals surface area contributed by atoms with Gasteiger partial charge in [0.1, 0.15) is 0 Å². The van der Waals surface area contributed by atoms with Crippen molar-refractivity contribution in [1.29, 1.82) is 0 Å². The third-order valence-corrected chi connectivity index (χ3v) is 5.70. The Hall–Kier alpha value is 0.660. The van der Waals surface area contributed by atoms with Gasteiger partial charge in [0.25, 0.3) is 0 Å². The molecule has 1 spiro atoms. The summed E-state index contributed by atoms with van der Waals surface area (Å²) in [5, 5.41) is 0. The molecule has 0 aromatic rings. The Balaban J connectivity index is 2.03. The molecular formula is C7H13NS2. The van der Waals surface area contributed by atoms with E-state index in [1.807, 2.05) is 0 Å². The summed E-state index contributed by atoms with van der Waals surface area (Å²) in [6, 6.07) is 0. The van der Waals surface area contributed by atoms with E-state index in [9.17, 15) is 0 Å². The van der Waals surface area contributed by atoms with Gasteiger partial charge in [0, 0.05) is 24.6 Å². The van der Waals surface area contributed by atoms with Crippen molar-refractivity contribution in [2.75, 3.05) is 31.6 Å². The topological polar surface area (TPSA) is 3.24 Å². The van der Waals surface area contributed by atoms with Crippen LogP contribution in [-0.2, 0) is 0 Å². The zero-order chi connectivity index (χ0) is 7.03. The van der Waals surface area contributed by atoms with Crippen LogP contribution in [0, 0.1) is 0 Å². The molecule has 0 aromatic heterocycles. The average molecular weight is 175 g/mol. The lowest BCUT2D eigenvalue weighted by Gasteiger charge is -2.19. The van der Waals surface area contributed by atoms with E-state index in [1.165, 1.54) is 31.0 Å². The lowest BCUT2D eigenvalue weighted by atomic mass is 10.4. The van der Waals surface area contributed by atoms with Crippen LogP contribution in [0.3, 0.4) is 0 Å². The molecule has 10 heavy (non-hydrogen) atoms. The van der Waals surface area contributed by atoms with Crippen LogP contribution < -0.4 is 0 Å². The van der Waals surface area contributed by atoms with Gasteiger partial charge >= 0.3 is 0 Å². The van der Waals surface area contributed by atoms with Crippen molar-refractivity contribution >= 4 is 23.5 Å². The van der Waals surface area contributed by atoms with Crippen LogP contribution in [0.2, 0.25) is 0 Å². The summed E-state index contributed by atoms with van der Waals surface area (Å²) in [6.07, 6.45) is 1.40. The average Bonchev–Trinajstić information content (AvgIpc) is 2.46. The Morgan fingerprint density at radius 1 is 1.30 bits per heavy atom. The van der Waals surface area contributed by atoms with Crippen LogP contribution >= 0.6 is 23.5 Å². The molecule has 2 aliphatic rings. The number of thioether (sulfide) groups is 2. The number of hydrogen-bond acceptors (Lipinski definition) is 3. The van der Waals surface area contributed by atoms with Crippen molar-refractivity contribution in [2.45, 2.75) is 10.5 Å². The summed E-state index contributed by atoms with van der Waals surface area (Å²) in [5.41, 5.74) is 0.